The van der Waals surface area contributed by atoms with Crippen LogP contribution in [0.1, 0.15) is 24.8 Å². The minimum absolute atomic E-state index is 0.184. The number of hydrogen-bond donors (Lipinski definition) is 0. The molecule has 1 aromatic carbocycles. The van der Waals surface area contributed by atoms with Gasteiger partial charge in [0.15, 0.2) is 0 Å². The first-order valence-corrected chi connectivity index (χ1v) is 8.45. The second kappa shape index (κ2) is 8.01. The van der Waals surface area contributed by atoms with Crippen LogP contribution in [0.3, 0.4) is 0 Å². The SMILES string of the molecule is CN(Cc1ccccc1)[C@@H]1CCCN(C(=O)CCn2cnnn2)C1. The number of benzene rings is 1. The summed E-state index contributed by atoms with van der Waals surface area (Å²) in [7, 11) is 2.15. The van der Waals surface area contributed by atoms with Gasteiger partial charge in [-0.2, -0.15) is 0 Å². The summed E-state index contributed by atoms with van der Waals surface area (Å²) in [5, 5.41) is 11.0. The molecular weight excluding hydrogens is 304 g/mol. The highest BCUT2D eigenvalue weighted by molar-refractivity contribution is 5.76. The van der Waals surface area contributed by atoms with Gasteiger partial charge in [-0.25, -0.2) is 4.68 Å². The van der Waals surface area contributed by atoms with E-state index in [-0.39, 0.29) is 5.91 Å². The molecule has 1 aromatic heterocycles. The van der Waals surface area contributed by atoms with Crippen molar-refractivity contribution in [2.75, 3.05) is 20.1 Å². The van der Waals surface area contributed by atoms with Crippen molar-refractivity contribution >= 4 is 5.91 Å². The lowest BCUT2D eigenvalue weighted by Gasteiger charge is -2.37. The summed E-state index contributed by atoms with van der Waals surface area (Å²) >= 11 is 0. The predicted octanol–water partition coefficient (Wildman–Crippen LogP) is 1.19. The normalized spacial score (nSPS) is 18.1. The number of amides is 1. The van der Waals surface area contributed by atoms with E-state index < -0.39 is 0 Å². The summed E-state index contributed by atoms with van der Waals surface area (Å²) in [4.78, 5) is 16.8. The van der Waals surface area contributed by atoms with Crippen molar-refractivity contribution in [2.24, 2.45) is 0 Å². The fraction of sp³-hybridized carbons (Fsp3) is 0.529. The summed E-state index contributed by atoms with van der Waals surface area (Å²) < 4.78 is 1.60. The molecule has 2 aromatic rings. The summed E-state index contributed by atoms with van der Waals surface area (Å²) in [6, 6.07) is 10.9. The number of nitrogens with zero attached hydrogens (tertiary/aromatic N) is 6. The molecule has 1 aliphatic heterocycles. The van der Waals surface area contributed by atoms with Gasteiger partial charge in [0.2, 0.25) is 5.91 Å². The summed E-state index contributed by atoms with van der Waals surface area (Å²) in [5.41, 5.74) is 1.31. The van der Waals surface area contributed by atoms with Crippen LogP contribution in [0, 0.1) is 0 Å². The maximum absolute atomic E-state index is 12.4. The zero-order chi connectivity index (χ0) is 16.8. The average Bonchev–Trinajstić information content (AvgIpc) is 3.14. The molecule has 7 nitrogen and oxygen atoms in total. The zero-order valence-corrected chi connectivity index (χ0v) is 14.1. The van der Waals surface area contributed by atoms with Crippen LogP contribution in [-0.4, -0.2) is 62.1 Å². The first-order chi connectivity index (χ1) is 11.7. The Bertz CT molecular complexity index is 630. The van der Waals surface area contributed by atoms with Gasteiger partial charge in [-0.3, -0.25) is 9.69 Å². The number of rotatable bonds is 6. The van der Waals surface area contributed by atoms with Crippen molar-refractivity contribution in [3.63, 3.8) is 0 Å². The van der Waals surface area contributed by atoms with Gasteiger partial charge in [-0.15, -0.1) is 5.10 Å². The molecule has 0 spiro atoms. The number of aryl methyl sites for hydroxylation is 1. The Kier molecular flexibility index (Phi) is 5.53. The summed E-state index contributed by atoms with van der Waals surface area (Å²) in [6.07, 6.45) is 4.18. The molecule has 3 rings (SSSR count). The lowest BCUT2D eigenvalue weighted by molar-refractivity contribution is -0.133. The predicted molar refractivity (Wildman–Crippen MR) is 89.9 cm³/mol. The van der Waals surface area contributed by atoms with Crippen molar-refractivity contribution < 1.29 is 4.79 Å². The average molecular weight is 328 g/mol. The highest BCUT2D eigenvalue weighted by Gasteiger charge is 2.26. The maximum atomic E-state index is 12.4. The zero-order valence-electron chi connectivity index (χ0n) is 14.1. The largest absolute Gasteiger partial charge is 0.341 e. The van der Waals surface area contributed by atoms with E-state index in [4.69, 9.17) is 0 Å². The lowest BCUT2D eigenvalue weighted by Crippen LogP contribution is -2.48. The number of likely N-dealkylation sites (tertiary alicyclic amines) is 1. The third-order valence-corrected chi connectivity index (χ3v) is 4.59. The molecule has 1 fully saturated rings. The molecule has 1 saturated heterocycles. The molecule has 0 unspecified atom stereocenters. The van der Waals surface area contributed by atoms with Crippen molar-refractivity contribution in [1.82, 2.24) is 30.0 Å². The number of carbonyl (C=O) groups excluding carboxylic acids is 1. The Morgan fingerprint density at radius 2 is 2.17 bits per heavy atom. The quantitative estimate of drug-likeness (QED) is 0.797. The van der Waals surface area contributed by atoms with Crippen LogP contribution >= 0.6 is 0 Å². The van der Waals surface area contributed by atoms with E-state index in [1.54, 1.807) is 11.0 Å². The van der Waals surface area contributed by atoms with E-state index in [2.05, 4.69) is 51.7 Å². The highest BCUT2D eigenvalue weighted by atomic mass is 16.2. The van der Waals surface area contributed by atoms with Crippen LogP contribution in [0.15, 0.2) is 36.7 Å². The monoisotopic (exact) mass is 328 g/mol. The number of hydrogen-bond acceptors (Lipinski definition) is 5. The van der Waals surface area contributed by atoms with E-state index in [0.29, 0.717) is 19.0 Å². The first-order valence-electron chi connectivity index (χ1n) is 8.45. The third kappa shape index (κ3) is 4.38. The number of piperidine rings is 1. The lowest BCUT2D eigenvalue weighted by atomic mass is 10.0. The first kappa shape index (κ1) is 16.6. The van der Waals surface area contributed by atoms with Crippen molar-refractivity contribution in [3.8, 4) is 0 Å². The van der Waals surface area contributed by atoms with E-state index >= 15 is 0 Å². The second-order valence-electron chi connectivity index (χ2n) is 6.36. The molecule has 128 valence electrons. The van der Waals surface area contributed by atoms with Crippen molar-refractivity contribution in [1.29, 1.82) is 0 Å². The van der Waals surface area contributed by atoms with Gasteiger partial charge in [0.05, 0.1) is 6.54 Å². The van der Waals surface area contributed by atoms with Gasteiger partial charge in [0, 0.05) is 32.1 Å². The number of aromatic nitrogens is 4. The fourth-order valence-corrected chi connectivity index (χ4v) is 3.19. The van der Waals surface area contributed by atoms with Crippen molar-refractivity contribution in [2.45, 2.75) is 38.4 Å². The molecular formula is C17H24N6O. The van der Waals surface area contributed by atoms with E-state index in [0.717, 1.165) is 32.5 Å². The van der Waals surface area contributed by atoms with Crippen LogP contribution in [0.4, 0.5) is 0 Å². The third-order valence-electron chi connectivity index (χ3n) is 4.59. The molecule has 0 bridgehead atoms. The van der Waals surface area contributed by atoms with Gasteiger partial charge in [0.1, 0.15) is 6.33 Å². The Morgan fingerprint density at radius 1 is 1.33 bits per heavy atom. The standard InChI is InChI=1S/C17H24N6O/c1-21(12-15-6-3-2-4-7-15)16-8-5-10-22(13-16)17(24)9-11-23-14-18-19-20-23/h2-4,6-7,14,16H,5,8-13H2,1H3/t16-/m1/s1. The number of likely N-dealkylation sites (N-methyl/N-ethyl adjacent to an activating group) is 1. The molecule has 0 aliphatic carbocycles. The topological polar surface area (TPSA) is 67.2 Å². The van der Waals surface area contributed by atoms with Gasteiger partial charge >= 0.3 is 0 Å². The number of tetrazole rings is 1. The van der Waals surface area contributed by atoms with Gasteiger partial charge in [0.25, 0.3) is 0 Å². The summed E-state index contributed by atoms with van der Waals surface area (Å²) in [5.74, 6) is 0.184. The minimum Gasteiger partial charge on any atom is -0.341 e. The van der Waals surface area contributed by atoms with Gasteiger partial charge in [-0.1, -0.05) is 30.3 Å². The minimum atomic E-state index is 0.184. The van der Waals surface area contributed by atoms with Crippen LogP contribution in [0.5, 0.6) is 0 Å². The van der Waals surface area contributed by atoms with E-state index in [1.165, 1.54) is 5.56 Å². The second-order valence-corrected chi connectivity index (χ2v) is 6.36. The molecule has 1 atom stereocenters. The fourth-order valence-electron chi connectivity index (χ4n) is 3.19. The molecule has 0 N–H and O–H groups in total. The van der Waals surface area contributed by atoms with Crippen LogP contribution in [0.25, 0.3) is 0 Å². The van der Waals surface area contributed by atoms with Gasteiger partial charge < -0.3 is 4.90 Å². The Balaban J connectivity index is 1.50. The Hall–Kier alpha value is -2.28. The summed E-state index contributed by atoms with van der Waals surface area (Å²) in [6.45, 7) is 3.10. The van der Waals surface area contributed by atoms with E-state index in [9.17, 15) is 4.79 Å². The van der Waals surface area contributed by atoms with Crippen LogP contribution < -0.4 is 0 Å². The van der Waals surface area contributed by atoms with Crippen LogP contribution in [-0.2, 0) is 17.9 Å². The van der Waals surface area contributed by atoms with Gasteiger partial charge in [-0.05, 0) is 35.9 Å². The molecule has 24 heavy (non-hydrogen) atoms. The van der Waals surface area contributed by atoms with E-state index in [1.807, 2.05) is 11.0 Å². The maximum Gasteiger partial charge on any atom is 0.224 e. The Labute approximate surface area is 142 Å². The van der Waals surface area contributed by atoms with Crippen LogP contribution in [0.2, 0.25) is 0 Å². The molecule has 1 aliphatic rings. The smallest absolute Gasteiger partial charge is 0.224 e. The Morgan fingerprint density at radius 3 is 2.92 bits per heavy atom. The van der Waals surface area contributed by atoms with Crippen molar-refractivity contribution in [3.05, 3.63) is 42.2 Å². The molecule has 1 amide bonds. The molecule has 2 heterocycles. The molecule has 0 saturated carbocycles. The highest BCUT2D eigenvalue weighted by Crippen LogP contribution is 2.17. The molecule has 7 heteroatoms. The molecule has 0 radical (unpaired) electrons. The number of carbonyl (C=O) groups is 1.